The molecule has 0 aromatic carbocycles. The summed E-state index contributed by atoms with van der Waals surface area (Å²) in [6.45, 7) is 20.2. The first-order valence-electron chi connectivity index (χ1n) is 11.5. The normalized spacial score (nSPS) is 34.7. The lowest BCUT2D eigenvalue weighted by Gasteiger charge is -2.36. The van der Waals surface area contributed by atoms with Crippen LogP contribution in [0.3, 0.4) is 0 Å². The van der Waals surface area contributed by atoms with Crippen molar-refractivity contribution in [2.75, 3.05) is 34.5 Å². The molecule has 0 N–H and O–H groups in total. The SMILES string of the molecule is CC(C)(C)C1CCS(=O)C1.CC(C)(C)C1CCS(=O)CC1.CC(C)(C)C1CS(=O)C1. The van der Waals surface area contributed by atoms with Crippen LogP contribution < -0.4 is 0 Å². The van der Waals surface area contributed by atoms with Crippen LogP contribution in [0.25, 0.3) is 0 Å². The van der Waals surface area contributed by atoms with E-state index in [0.717, 1.165) is 59.7 Å². The second kappa shape index (κ2) is 11.5. The topological polar surface area (TPSA) is 51.2 Å². The van der Waals surface area contributed by atoms with Crippen LogP contribution in [0.5, 0.6) is 0 Å². The predicted molar refractivity (Wildman–Crippen MR) is 136 cm³/mol. The van der Waals surface area contributed by atoms with Crippen molar-refractivity contribution in [3.8, 4) is 0 Å². The minimum atomic E-state index is -0.499. The molecule has 0 amide bonds. The molecular formula is C24H48O3S3. The summed E-state index contributed by atoms with van der Waals surface area (Å²) in [6, 6.07) is 0. The molecule has 3 aliphatic rings. The quantitative estimate of drug-likeness (QED) is 0.466. The molecule has 3 aliphatic heterocycles. The maximum Gasteiger partial charge on any atom is 0.0277 e. The monoisotopic (exact) mass is 480 g/mol. The van der Waals surface area contributed by atoms with E-state index in [1.807, 2.05) is 0 Å². The molecule has 2 unspecified atom stereocenters. The van der Waals surface area contributed by atoms with Gasteiger partial charge in [0.2, 0.25) is 0 Å². The molecule has 0 radical (unpaired) electrons. The highest BCUT2D eigenvalue weighted by Crippen LogP contribution is 2.35. The number of hydrogen-bond acceptors (Lipinski definition) is 3. The number of hydrogen-bond donors (Lipinski definition) is 0. The van der Waals surface area contributed by atoms with Crippen LogP contribution in [0.4, 0.5) is 0 Å². The molecule has 6 heteroatoms. The third-order valence-electron chi connectivity index (χ3n) is 6.92. The summed E-state index contributed by atoms with van der Waals surface area (Å²) in [5, 5.41) is 0. The Morgan fingerprint density at radius 2 is 0.800 bits per heavy atom. The van der Waals surface area contributed by atoms with Gasteiger partial charge in [0.05, 0.1) is 0 Å². The highest BCUT2D eigenvalue weighted by molar-refractivity contribution is 7.86. The van der Waals surface area contributed by atoms with E-state index in [1.165, 1.54) is 0 Å². The van der Waals surface area contributed by atoms with Gasteiger partial charge in [0.15, 0.2) is 0 Å². The predicted octanol–water partition coefficient (Wildman–Crippen LogP) is 5.40. The summed E-state index contributed by atoms with van der Waals surface area (Å²) < 4.78 is 32.7. The molecule has 180 valence electrons. The van der Waals surface area contributed by atoms with Gasteiger partial charge in [0.1, 0.15) is 0 Å². The molecular weight excluding hydrogens is 432 g/mol. The van der Waals surface area contributed by atoms with E-state index in [0.29, 0.717) is 28.1 Å². The zero-order valence-electron chi connectivity index (χ0n) is 21.0. The minimum Gasteiger partial charge on any atom is -0.260 e. The van der Waals surface area contributed by atoms with Gasteiger partial charge >= 0.3 is 0 Å². The van der Waals surface area contributed by atoms with Gasteiger partial charge in [-0.15, -0.1) is 0 Å². The van der Waals surface area contributed by atoms with Gasteiger partial charge in [-0.25, -0.2) is 0 Å². The molecule has 0 aromatic rings. The fourth-order valence-corrected chi connectivity index (χ4v) is 8.84. The molecule has 0 aromatic heterocycles. The summed E-state index contributed by atoms with van der Waals surface area (Å²) in [5.41, 5.74) is 1.17. The summed E-state index contributed by atoms with van der Waals surface area (Å²) >= 11 is 0. The Bertz CT molecular complexity index is 591. The zero-order chi connectivity index (χ0) is 23.3. The van der Waals surface area contributed by atoms with Crippen molar-refractivity contribution >= 4 is 32.4 Å². The Morgan fingerprint density at radius 1 is 0.467 bits per heavy atom. The molecule has 3 heterocycles. The van der Waals surface area contributed by atoms with Gasteiger partial charge in [-0.05, 0) is 53.3 Å². The zero-order valence-corrected chi connectivity index (χ0v) is 23.5. The van der Waals surface area contributed by atoms with Crippen LogP contribution in [0.15, 0.2) is 0 Å². The summed E-state index contributed by atoms with van der Waals surface area (Å²) in [5.74, 6) is 7.79. The van der Waals surface area contributed by atoms with Crippen LogP contribution in [-0.2, 0) is 32.4 Å². The second-order valence-electron chi connectivity index (χ2n) is 12.5. The summed E-state index contributed by atoms with van der Waals surface area (Å²) in [7, 11) is -1.46. The fourth-order valence-electron chi connectivity index (χ4n) is 3.91. The van der Waals surface area contributed by atoms with E-state index in [2.05, 4.69) is 62.3 Å². The smallest absolute Gasteiger partial charge is 0.0277 e. The highest BCUT2D eigenvalue weighted by atomic mass is 32.2. The van der Waals surface area contributed by atoms with Gasteiger partial charge < -0.3 is 0 Å². The molecule has 3 rings (SSSR count). The molecule has 3 saturated heterocycles. The van der Waals surface area contributed by atoms with E-state index in [1.54, 1.807) is 0 Å². The van der Waals surface area contributed by atoms with Gasteiger partial charge in [-0.2, -0.15) is 0 Å². The summed E-state index contributed by atoms with van der Waals surface area (Å²) in [6.07, 6.45) is 3.49. The third-order valence-corrected chi connectivity index (χ3v) is 11.3. The molecule has 0 spiro atoms. The van der Waals surface area contributed by atoms with Gasteiger partial charge in [0.25, 0.3) is 0 Å². The number of rotatable bonds is 0. The van der Waals surface area contributed by atoms with Crippen LogP contribution in [-0.4, -0.2) is 47.1 Å². The van der Waals surface area contributed by atoms with Crippen LogP contribution >= 0.6 is 0 Å². The van der Waals surface area contributed by atoms with Gasteiger partial charge in [0, 0.05) is 66.9 Å². The molecule has 0 saturated carbocycles. The van der Waals surface area contributed by atoms with Gasteiger partial charge in [-0.1, -0.05) is 62.3 Å². The van der Waals surface area contributed by atoms with Crippen molar-refractivity contribution in [2.24, 2.45) is 34.0 Å². The first-order chi connectivity index (χ1) is 13.5. The second-order valence-corrected chi connectivity index (χ2v) is 17.4. The highest BCUT2D eigenvalue weighted by Gasteiger charge is 2.35. The standard InChI is InChI=1S/C9H18OS.C8H16OS.C7H14OS/c1-9(2,3)8-4-6-11(10)7-5-8;1-8(2,3)7-4-5-10(9)6-7;1-7(2,3)6-4-9(8)5-6/h8H,4-7H2,1-3H3;7H,4-6H2,1-3H3;6H,4-5H2,1-3H3. The Hall–Kier alpha value is 0.450. The van der Waals surface area contributed by atoms with E-state index in [9.17, 15) is 12.6 Å². The maximum atomic E-state index is 11.0. The van der Waals surface area contributed by atoms with E-state index < -0.39 is 32.4 Å². The Morgan fingerprint density at radius 3 is 1.03 bits per heavy atom. The van der Waals surface area contributed by atoms with Crippen molar-refractivity contribution in [2.45, 2.75) is 81.6 Å². The van der Waals surface area contributed by atoms with Crippen molar-refractivity contribution < 1.29 is 12.6 Å². The first-order valence-corrected chi connectivity index (χ1v) is 16.0. The largest absolute Gasteiger partial charge is 0.260 e. The van der Waals surface area contributed by atoms with Crippen molar-refractivity contribution in [1.82, 2.24) is 0 Å². The van der Waals surface area contributed by atoms with Crippen molar-refractivity contribution in [1.29, 1.82) is 0 Å². The van der Waals surface area contributed by atoms with Gasteiger partial charge in [-0.3, -0.25) is 12.6 Å². The summed E-state index contributed by atoms with van der Waals surface area (Å²) in [4.78, 5) is 0. The minimum absolute atomic E-state index is 0.367. The van der Waals surface area contributed by atoms with Crippen molar-refractivity contribution in [3.05, 3.63) is 0 Å². The van der Waals surface area contributed by atoms with Crippen LogP contribution in [0, 0.1) is 34.0 Å². The molecule has 2 atom stereocenters. The lowest BCUT2D eigenvalue weighted by molar-refractivity contribution is 0.224. The third kappa shape index (κ3) is 10.4. The van der Waals surface area contributed by atoms with E-state index >= 15 is 0 Å². The lowest BCUT2D eigenvalue weighted by Crippen LogP contribution is -2.40. The van der Waals surface area contributed by atoms with E-state index in [4.69, 9.17) is 0 Å². The van der Waals surface area contributed by atoms with Crippen LogP contribution in [0.2, 0.25) is 0 Å². The Kier molecular flexibility index (Phi) is 11.0. The molecule has 0 bridgehead atoms. The average molecular weight is 481 g/mol. The van der Waals surface area contributed by atoms with E-state index in [-0.39, 0.29) is 0 Å². The Balaban J connectivity index is 0.000000226. The molecule has 30 heavy (non-hydrogen) atoms. The maximum absolute atomic E-state index is 11.0. The Labute approximate surface area is 194 Å². The molecule has 3 nitrogen and oxygen atoms in total. The lowest BCUT2D eigenvalue weighted by atomic mass is 9.77. The average Bonchev–Trinajstić information content (AvgIpc) is 2.99. The molecule has 0 aliphatic carbocycles. The van der Waals surface area contributed by atoms with Crippen molar-refractivity contribution in [3.63, 3.8) is 0 Å². The fraction of sp³-hybridized carbons (Fsp3) is 1.00. The molecule has 3 fully saturated rings. The van der Waals surface area contributed by atoms with Crippen LogP contribution in [0.1, 0.15) is 81.6 Å². The first kappa shape index (κ1) is 28.5.